The summed E-state index contributed by atoms with van der Waals surface area (Å²) in [5.41, 5.74) is 4.72. The minimum Gasteiger partial charge on any atom is -0.497 e. The van der Waals surface area contributed by atoms with Crippen molar-refractivity contribution in [3.8, 4) is 11.4 Å². The Kier molecular flexibility index (Phi) is 3.80. The van der Waals surface area contributed by atoms with Gasteiger partial charge in [-0.05, 0) is 61.5 Å². The summed E-state index contributed by atoms with van der Waals surface area (Å²) < 4.78 is 9.74. The molecular formula is C22H17N3O2S. The van der Waals surface area contributed by atoms with Crippen LogP contribution in [0.2, 0.25) is 0 Å². The molecule has 0 atom stereocenters. The van der Waals surface area contributed by atoms with Crippen LogP contribution in [0.25, 0.3) is 27.8 Å². The van der Waals surface area contributed by atoms with E-state index >= 15 is 0 Å². The number of para-hydroxylation sites is 2. The first-order chi connectivity index (χ1) is 13.7. The summed E-state index contributed by atoms with van der Waals surface area (Å²) in [5.74, 6) is 0.812. The summed E-state index contributed by atoms with van der Waals surface area (Å²) in [6, 6.07) is 19.7. The fourth-order valence-electron chi connectivity index (χ4n) is 3.50. The van der Waals surface area contributed by atoms with Crippen LogP contribution < -0.4 is 14.8 Å². The summed E-state index contributed by atoms with van der Waals surface area (Å²) in [6.07, 6.45) is 1.94. The van der Waals surface area contributed by atoms with E-state index in [0.29, 0.717) is 4.53 Å². The van der Waals surface area contributed by atoms with E-state index in [2.05, 4.69) is 22.5 Å². The Morgan fingerprint density at radius 2 is 1.82 bits per heavy atom. The molecule has 5 nitrogen and oxygen atoms in total. The van der Waals surface area contributed by atoms with Crippen LogP contribution in [-0.4, -0.2) is 21.1 Å². The Bertz CT molecular complexity index is 1420. The lowest BCUT2D eigenvalue weighted by atomic mass is 10.3. The SMILES string of the molecule is COc1ccc(-n2c(C)ccc2/C=c2\sc3nc4ccccc4n3c2=O)cc1. The number of aromatic nitrogens is 3. The van der Waals surface area contributed by atoms with Crippen LogP contribution in [0.3, 0.4) is 0 Å². The molecule has 0 N–H and O–H groups in total. The number of imidazole rings is 1. The summed E-state index contributed by atoms with van der Waals surface area (Å²) in [6.45, 7) is 2.05. The number of methoxy groups -OCH3 is 1. The predicted octanol–water partition coefficient (Wildman–Crippen LogP) is 3.56. The number of nitrogens with zero attached hydrogens (tertiary/aromatic N) is 3. The quantitative estimate of drug-likeness (QED) is 0.476. The molecule has 6 heteroatoms. The van der Waals surface area contributed by atoms with E-state index in [1.165, 1.54) is 11.3 Å². The maximum absolute atomic E-state index is 13.0. The molecule has 0 spiro atoms. The second-order valence-corrected chi connectivity index (χ2v) is 7.58. The molecule has 3 aromatic heterocycles. The van der Waals surface area contributed by atoms with E-state index in [1.807, 2.05) is 60.7 Å². The fourth-order valence-corrected chi connectivity index (χ4v) is 4.47. The van der Waals surface area contributed by atoms with Gasteiger partial charge in [0.25, 0.3) is 5.56 Å². The predicted molar refractivity (Wildman–Crippen MR) is 113 cm³/mol. The van der Waals surface area contributed by atoms with E-state index in [9.17, 15) is 4.79 Å². The summed E-state index contributed by atoms with van der Waals surface area (Å²) in [5, 5.41) is 0. The van der Waals surface area contributed by atoms with Gasteiger partial charge in [-0.25, -0.2) is 9.38 Å². The van der Waals surface area contributed by atoms with Gasteiger partial charge in [0.1, 0.15) is 5.75 Å². The lowest BCUT2D eigenvalue weighted by Crippen LogP contribution is -2.23. The first kappa shape index (κ1) is 16.8. The number of rotatable bonds is 3. The molecule has 0 bridgehead atoms. The third-order valence-corrected chi connectivity index (χ3v) is 5.83. The van der Waals surface area contributed by atoms with E-state index in [1.54, 1.807) is 11.5 Å². The number of hydrogen-bond acceptors (Lipinski definition) is 4. The van der Waals surface area contributed by atoms with Gasteiger partial charge in [-0.3, -0.25) is 4.79 Å². The molecule has 138 valence electrons. The molecule has 2 aromatic carbocycles. The fraction of sp³-hybridized carbons (Fsp3) is 0.0909. The molecule has 0 amide bonds. The minimum atomic E-state index is -0.0335. The van der Waals surface area contributed by atoms with Crippen molar-refractivity contribution in [3.05, 3.63) is 86.9 Å². The lowest BCUT2D eigenvalue weighted by molar-refractivity contribution is 0.414. The lowest BCUT2D eigenvalue weighted by Gasteiger charge is -2.10. The van der Waals surface area contributed by atoms with Gasteiger partial charge in [0.2, 0.25) is 0 Å². The number of hydrogen-bond donors (Lipinski definition) is 0. The maximum atomic E-state index is 13.0. The van der Waals surface area contributed by atoms with Crippen LogP contribution in [0.1, 0.15) is 11.4 Å². The normalized spacial score (nSPS) is 12.3. The molecule has 0 unspecified atom stereocenters. The zero-order valence-electron chi connectivity index (χ0n) is 15.4. The van der Waals surface area contributed by atoms with Gasteiger partial charge < -0.3 is 9.30 Å². The van der Waals surface area contributed by atoms with Crippen molar-refractivity contribution in [2.45, 2.75) is 6.92 Å². The van der Waals surface area contributed by atoms with Crippen molar-refractivity contribution in [2.24, 2.45) is 0 Å². The second-order valence-electron chi connectivity index (χ2n) is 6.57. The molecule has 0 aliphatic carbocycles. The Hall–Kier alpha value is -3.38. The van der Waals surface area contributed by atoms with E-state index in [-0.39, 0.29) is 5.56 Å². The van der Waals surface area contributed by atoms with Crippen molar-refractivity contribution in [2.75, 3.05) is 7.11 Å². The highest BCUT2D eigenvalue weighted by atomic mass is 32.1. The first-order valence-electron chi connectivity index (χ1n) is 8.90. The molecule has 3 heterocycles. The van der Waals surface area contributed by atoms with Gasteiger partial charge in [0.15, 0.2) is 4.96 Å². The highest BCUT2D eigenvalue weighted by Crippen LogP contribution is 2.21. The first-order valence-corrected chi connectivity index (χ1v) is 9.72. The average Bonchev–Trinajstić information content (AvgIpc) is 3.35. The molecule has 0 fully saturated rings. The van der Waals surface area contributed by atoms with Gasteiger partial charge in [0, 0.05) is 17.1 Å². The van der Waals surface area contributed by atoms with Crippen LogP contribution in [0, 0.1) is 6.92 Å². The number of thiazole rings is 1. The van der Waals surface area contributed by atoms with Gasteiger partial charge in [-0.1, -0.05) is 23.5 Å². The third kappa shape index (κ3) is 2.53. The Morgan fingerprint density at radius 3 is 2.61 bits per heavy atom. The number of aryl methyl sites for hydroxylation is 1. The van der Waals surface area contributed by atoms with Crippen molar-refractivity contribution in [1.29, 1.82) is 0 Å². The van der Waals surface area contributed by atoms with Gasteiger partial charge in [-0.2, -0.15) is 0 Å². The van der Waals surface area contributed by atoms with Crippen molar-refractivity contribution >= 4 is 33.4 Å². The largest absolute Gasteiger partial charge is 0.497 e. The molecule has 0 aliphatic rings. The molecule has 0 saturated carbocycles. The summed E-state index contributed by atoms with van der Waals surface area (Å²) >= 11 is 1.41. The monoisotopic (exact) mass is 387 g/mol. The summed E-state index contributed by atoms with van der Waals surface area (Å²) in [7, 11) is 1.65. The van der Waals surface area contributed by atoms with Crippen molar-refractivity contribution in [1.82, 2.24) is 14.0 Å². The molecule has 5 rings (SSSR count). The topological polar surface area (TPSA) is 48.5 Å². The number of fused-ring (bicyclic) bond motifs is 3. The van der Waals surface area contributed by atoms with Crippen LogP contribution >= 0.6 is 11.3 Å². The van der Waals surface area contributed by atoms with Gasteiger partial charge >= 0.3 is 0 Å². The zero-order valence-corrected chi connectivity index (χ0v) is 16.2. The van der Waals surface area contributed by atoms with Crippen LogP contribution in [0.4, 0.5) is 0 Å². The van der Waals surface area contributed by atoms with Crippen LogP contribution in [0.15, 0.2) is 65.5 Å². The highest BCUT2D eigenvalue weighted by molar-refractivity contribution is 7.15. The zero-order chi connectivity index (χ0) is 19.3. The molecular weight excluding hydrogens is 370 g/mol. The molecule has 28 heavy (non-hydrogen) atoms. The maximum Gasteiger partial charge on any atom is 0.275 e. The minimum absolute atomic E-state index is 0.0335. The molecule has 0 saturated heterocycles. The smallest absolute Gasteiger partial charge is 0.275 e. The standard InChI is InChI=1S/C22H17N3O2S/c1-14-7-8-16(24(14)15-9-11-17(27-2)12-10-15)13-20-21(26)25-19-6-4-3-5-18(19)23-22(25)28-20/h3-13H,1-2H3/b20-13-. The Balaban J connectivity index is 1.70. The molecule has 0 radical (unpaired) electrons. The van der Waals surface area contributed by atoms with E-state index in [4.69, 9.17) is 4.74 Å². The van der Waals surface area contributed by atoms with Crippen molar-refractivity contribution < 1.29 is 4.74 Å². The Morgan fingerprint density at radius 1 is 1.04 bits per heavy atom. The van der Waals surface area contributed by atoms with Crippen LogP contribution in [0.5, 0.6) is 5.75 Å². The summed E-state index contributed by atoms with van der Waals surface area (Å²) in [4.78, 5) is 18.3. The average molecular weight is 387 g/mol. The Labute approximate surface area is 164 Å². The van der Waals surface area contributed by atoms with Crippen molar-refractivity contribution in [3.63, 3.8) is 0 Å². The molecule has 0 aliphatic heterocycles. The molecule has 5 aromatic rings. The number of ether oxygens (including phenoxy) is 1. The van der Waals surface area contributed by atoms with Crippen LogP contribution in [-0.2, 0) is 0 Å². The van der Waals surface area contributed by atoms with E-state index in [0.717, 1.165) is 38.8 Å². The highest BCUT2D eigenvalue weighted by Gasteiger charge is 2.12. The van der Waals surface area contributed by atoms with E-state index < -0.39 is 0 Å². The number of benzene rings is 2. The van der Waals surface area contributed by atoms with Gasteiger partial charge in [0.05, 0.1) is 22.7 Å². The third-order valence-electron chi connectivity index (χ3n) is 4.86. The second kappa shape index (κ2) is 6.35. The van der Waals surface area contributed by atoms with Gasteiger partial charge in [-0.15, -0.1) is 0 Å².